The standard InChI is InChI=1S/C24H26Cl2N2O3.C2H6/c1-4-30-22(29)14-28-24(31-15-17-8-6-5-7-9-17)21(23(27-28)16(2)3)12-18-10-19(25)13-20(26)11-18;1-2/h5-11,13,16H,4,12,14-15H2,1-3H3;1-2H3. The SMILES string of the molecule is CC.CCOC(=O)Cn1nc(C(C)C)c(Cc2cc(Cl)cc(Cl)c2)c1OCc1ccccc1. The van der Waals surface area contributed by atoms with Crippen LogP contribution in [0.25, 0.3) is 0 Å². The van der Waals surface area contributed by atoms with Gasteiger partial charge >= 0.3 is 5.97 Å². The molecule has 2 aromatic carbocycles. The topological polar surface area (TPSA) is 53.4 Å². The van der Waals surface area contributed by atoms with Crippen LogP contribution in [0.1, 0.15) is 62.9 Å². The van der Waals surface area contributed by atoms with Gasteiger partial charge in [0.1, 0.15) is 13.2 Å². The van der Waals surface area contributed by atoms with Gasteiger partial charge in [-0.1, -0.05) is 81.2 Å². The maximum atomic E-state index is 12.2. The van der Waals surface area contributed by atoms with E-state index in [2.05, 4.69) is 13.8 Å². The van der Waals surface area contributed by atoms with E-state index < -0.39 is 0 Å². The predicted octanol–water partition coefficient (Wildman–Crippen LogP) is 7.07. The molecule has 0 bridgehead atoms. The van der Waals surface area contributed by atoms with Gasteiger partial charge in [0.15, 0.2) is 0 Å². The zero-order valence-electron chi connectivity index (χ0n) is 19.9. The summed E-state index contributed by atoms with van der Waals surface area (Å²) < 4.78 is 13.0. The van der Waals surface area contributed by atoms with Crippen molar-refractivity contribution in [2.75, 3.05) is 6.61 Å². The molecule has 0 N–H and O–H groups in total. The third kappa shape index (κ3) is 7.79. The van der Waals surface area contributed by atoms with Crippen molar-refractivity contribution in [3.8, 4) is 5.88 Å². The monoisotopic (exact) mass is 490 g/mol. The molecule has 0 amide bonds. The van der Waals surface area contributed by atoms with Crippen LogP contribution in [0.15, 0.2) is 48.5 Å². The number of aromatic nitrogens is 2. The zero-order chi connectivity index (χ0) is 24.4. The molecule has 0 unspecified atom stereocenters. The van der Waals surface area contributed by atoms with Crippen LogP contribution in [0.5, 0.6) is 5.88 Å². The lowest BCUT2D eigenvalue weighted by Gasteiger charge is -2.12. The second kappa shape index (κ2) is 13.3. The van der Waals surface area contributed by atoms with Crippen molar-refractivity contribution < 1.29 is 14.3 Å². The molecule has 0 saturated carbocycles. The van der Waals surface area contributed by atoms with Crippen molar-refractivity contribution in [3.63, 3.8) is 0 Å². The molecule has 3 rings (SSSR count). The maximum absolute atomic E-state index is 12.2. The van der Waals surface area contributed by atoms with Crippen LogP contribution >= 0.6 is 23.2 Å². The van der Waals surface area contributed by atoms with Crippen LogP contribution in [0.2, 0.25) is 10.0 Å². The predicted molar refractivity (Wildman–Crippen MR) is 134 cm³/mol. The summed E-state index contributed by atoms with van der Waals surface area (Å²) in [6, 6.07) is 15.3. The number of hydrogen-bond donors (Lipinski definition) is 0. The van der Waals surface area contributed by atoms with Crippen molar-refractivity contribution >= 4 is 29.2 Å². The molecule has 7 heteroatoms. The van der Waals surface area contributed by atoms with Gasteiger partial charge in [-0.2, -0.15) is 5.10 Å². The third-order valence-corrected chi connectivity index (χ3v) is 5.12. The number of rotatable bonds is 9. The molecule has 0 spiro atoms. The van der Waals surface area contributed by atoms with Crippen molar-refractivity contribution in [1.82, 2.24) is 9.78 Å². The number of nitrogens with zero attached hydrogens (tertiary/aromatic N) is 2. The fourth-order valence-corrected chi connectivity index (χ4v) is 3.94. The number of carbonyl (C=O) groups is 1. The Labute approximate surface area is 206 Å². The number of carbonyl (C=O) groups excluding carboxylic acids is 1. The Morgan fingerprint density at radius 3 is 2.24 bits per heavy atom. The number of halogens is 2. The molecule has 1 aromatic heterocycles. The minimum absolute atomic E-state index is 0.0199. The number of benzene rings is 2. The first-order valence-corrected chi connectivity index (χ1v) is 12.0. The van der Waals surface area contributed by atoms with Crippen LogP contribution in [0, 0.1) is 0 Å². The van der Waals surface area contributed by atoms with Gasteiger partial charge in [0.25, 0.3) is 0 Å². The zero-order valence-corrected chi connectivity index (χ0v) is 21.4. The molecule has 3 aromatic rings. The van der Waals surface area contributed by atoms with Crippen LogP contribution in [-0.2, 0) is 29.1 Å². The molecule has 0 aliphatic rings. The van der Waals surface area contributed by atoms with Crippen molar-refractivity contribution in [2.45, 2.75) is 60.1 Å². The first kappa shape index (κ1) is 26.7. The molecule has 0 aliphatic heterocycles. The molecule has 0 aliphatic carbocycles. The molecule has 0 atom stereocenters. The van der Waals surface area contributed by atoms with Crippen LogP contribution < -0.4 is 4.74 Å². The molecular formula is C26H32Cl2N2O3. The largest absolute Gasteiger partial charge is 0.473 e. The molecule has 1 heterocycles. The molecule has 0 fully saturated rings. The van der Waals surface area contributed by atoms with Crippen LogP contribution in [-0.4, -0.2) is 22.4 Å². The van der Waals surface area contributed by atoms with E-state index in [-0.39, 0.29) is 18.4 Å². The number of hydrogen-bond acceptors (Lipinski definition) is 4. The third-order valence-electron chi connectivity index (χ3n) is 4.68. The van der Waals surface area contributed by atoms with Crippen LogP contribution in [0.3, 0.4) is 0 Å². The summed E-state index contributed by atoms with van der Waals surface area (Å²) in [5.41, 5.74) is 3.74. The summed E-state index contributed by atoms with van der Waals surface area (Å²) >= 11 is 12.4. The molecule has 5 nitrogen and oxygen atoms in total. The average Bonchev–Trinajstić information content (AvgIpc) is 3.10. The lowest BCUT2D eigenvalue weighted by atomic mass is 9.99. The van der Waals surface area contributed by atoms with Gasteiger partial charge in [-0.15, -0.1) is 0 Å². The fraction of sp³-hybridized carbons (Fsp3) is 0.385. The molecular weight excluding hydrogens is 459 g/mol. The smallest absolute Gasteiger partial charge is 0.327 e. The Hall–Kier alpha value is -2.50. The van der Waals surface area contributed by atoms with Gasteiger partial charge in [-0.25, -0.2) is 4.68 Å². The average molecular weight is 491 g/mol. The lowest BCUT2D eigenvalue weighted by molar-refractivity contribution is -0.144. The molecule has 178 valence electrons. The van der Waals surface area contributed by atoms with Gasteiger partial charge < -0.3 is 9.47 Å². The van der Waals surface area contributed by atoms with E-state index in [0.717, 1.165) is 22.4 Å². The molecule has 33 heavy (non-hydrogen) atoms. The summed E-state index contributed by atoms with van der Waals surface area (Å²) in [6.45, 7) is 10.6. The minimum atomic E-state index is -0.359. The van der Waals surface area contributed by atoms with E-state index in [9.17, 15) is 4.79 Å². The Bertz CT molecular complexity index is 1010. The summed E-state index contributed by atoms with van der Waals surface area (Å²) in [5.74, 6) is 0.325. The highest BCUT2D eigenvalue weighted by molar-refractivity contribution is 6.34. The van der Waals surface area contributed by atoms with Crippen molar-refractivity contribution in [2.24, 2.45) is 0 Å². The van der Waals surface area contributed by atoms with E-state index in [1.807, 2.05) is 56.3 Å². The van der Waals surface area contributed by atoms with Gasteiger partial charge in [-0.3, -0.25) is 4.79 Å². The molecule has 0 saturated heterocycles. The summed E-state index contributed by atoms with van der Waals surface area (Å²) in [6.07, 6.45) is 0.529. The maximum Gasteiger partial charge on any atom is 0.327 e. The fourth-order valence-electron chi connectivity index (χ4n) is 3.37. The minimum Gasteiger partial charge on any atom is -0.473 e. The van der Waals surface area contributed by atoms with E-state index in [4.69, 9.17) is 37.8 Å². The van der Waals surface area contributed by atoms with Crippen LogP contribution in [0.4, 0.5) is 0 Å². The second-order valence-electron chi connectivity index (χ2n) is 7.52. The van der Waals surface area contributed by atoms with Gasteiger partial charge in [-0.05, 0) is 42.2 Å². The highest BCUT2D eigenvalue weighted by atomic mass is 35.5. The first-order chi connectivity index (χ1) is 15.9. The Morgan fingerprint density at radius 1 is 1.03 bits per heavy atom. The van der Waals surface area contributed by atoms with Crippen molar-refractivity contribution in [3.05, 3.63) is 81.0 Å². The van der Waals surface area contributed by atoms with E-state index in [1.165, 1.54) is 0 Å². The van der Waals surface area contributed by atoms with Gasteiger partial charge in [0, 0.05) is 22.0 Å². The Balaban J connectivity index is 0.00000187. The van der Waals surface area contributed by atoms with Gasteiger partial charge in [0.2, 0.25) is 5.88 Å². The van der Waals surface area contributed by atoms with E-state index >= 15 is 0 Å². The normalized spacial score (nSPS) is 10.5. The quantitative estimate of drug-likeness (QED) is 0.301. The highest BCUT2D eigenvalue weighted by Gasteiger charge is 2.23. The first-order valence-electron chi connectivity index (χ1n) is 11.2. The number of ether oxygens (including phenoxy) is 2. The Kier molecular flexibility index (Phi) is 10.8. The highest BCUT2D eigenvalue weighted by Crippen LogP contribution is 2.32. The second-order valence-corrected chi connectivity index (χ2v) is 8.39. The van der Waals surface area contributed by atoms with Crippen molar-refractivity contribution in [1.29, 1.82) is 0 Å². The molecule has 0 radical (unpaired) electrons. The summed E-state index contributed by atoms with van der Waals surface area (Å²) in [5, 5.41) is 5.85. The lowest BCUT2D eigenvalue weighted by Crippen LogP contribution is -2.16. The van der Waals surface area contributed by atoms with E-state index in [0.29, 0.717) is 35.6 Å². The Morgan fingerprint density at radius 2 is 1.67 bits per heavy atom. The summed E-state index contributed by atoms with van der Waals surface area (Å²) in [4.78, 5) is 12.2. The summed E-state index contributed by atoms with van der Waals surface area (Å²) in [7, 11) is 0. The van der Waals surface area contributed by atoms with E-state index in [1.54, 1.807) is 17.7 Å². The van der Waals surface area contributed by atoms with Gasteiger partial charge in [0.05, 0.1) is 12.3 Å². The number of esters is 1.